The van der Waals surface area contributed by atoms with Gasteiger partial charge in [-0.15, -0.1) is 0 Å². The van der Waals surface area contributed by atoms with Crippen molar-refractivity contribution in [2.75, 3.05) is 11.9 Å². The van der Waals surface area contributed by atoms with Crippen molar-refractivity contribution in [2.45, 2.75) is 38.1 Å². The normalized spacial score (nSPS) is 26.2. The molecular weight excluding hydrogens is 318 g/mol. The Morgan fingerprint density at radius 2 is 2.25 bits per heavy atom. The van der Waals surface area contributed by atoms with Crippen LogP contribution in [-0.2, 0) is 0 Å². The van der Waals surface area contributed by atoms with Crippen LogP contribution in [-0.4, -0.2) is 18.0 Å². The number of carbonyl (C=O) groups excluding carboxylic acids is 1. The summed E-state index contributed by atoms with van der Waals surface area (Å²) in [6, 6.07) is 5.54. The summed E-state index contributed by atoms with van der Waals surface area (Å²) in [5.41, 5.74) is 12.8. The van der Waals surface area contributed by atoms with Crippen LogP contribution in [0.2, 0.25) is 0 Å². The number of nitrogens with two attached hydrogens (primary N) is 2. The van der Waals surface area contributed by atoms with Crippen molar-refractivity contribution in [3.05, 3.63) is 28.2 Å². The molecular formula is C15H22BrN3O. The van der Waals surface area contributed by atoms with E-state index in [1.807, 2.05) is 12.1 Å². The Morgan fingerprint density at radius 3 is 2.80 bits per heavy atom. The van der Waals surface area contributed by atoms with Crippen molar-refractivity contribution >= 4 is 27.5 Å². The maximum absolute atomic E-state index is 11.2. The summed E-state index contributed by atoms with van der Waals surface area (Å²) >= 11 is 3.40. The molecule has 0 aromatic heterocycles. The fraction of sp³-hybridized carbons (Fsp3) is 0.533. The molecule has 2 atom stereocenters. The Morgan fingerprint density at radius 1 is 1.50 bits per heavy atom. The maximum atomic E-state index is 11.2. The van der Waals surface area contributed by atoms with E-state index in [4.69, 9.17) is 11.5 Å². The molecule has 1 saturated carbocycles. The highest BCUT2D eigenvalue weighted by molar-refractivity contribution is 9.10. The first-order valence-electron chi connectivity index (χ1n) is 7.06. The third-order valence-electron chi connectivity index (χ3n) is 4.45. The number of hydrogen-bond donors (Lipinski definition) is 3. The van der Waals surface area contributed by atoms with E-state index in [0.717, 1.165) is 12.1 Å². The van der Waals surface area contributed by atoms with Gasteiger partial charge in [0, 0.05) is 16.7 Å². The van der Waals surface area contributed by atoms with Crippen LogP contribution in [0.25, 0.3) is 0 Å². The molecule has 0 spiro atoms. The fourth-order valence-electron chi connectivity index (χ4n) is 3.03. The number of benzene rings is 1. The molecule has 0 aliphatic heterocycles. The Kier molecular flexibility index (Phi) is 4.70. The lowest BCUT2D eigenvalue weighted by molar-refractivity contribution is 0.0999. The van der Waals surface area contributed by atoms with Gasteiger partial charge in [-0.25, -0.2) is 0 Å². The molecule has 2 unspecified atom stereocenters. The molecule has 5 N–H and O–H groups in total. The summed E-state index contributed by atoms with van der Waals surface area (Å²) in [7, 11) is 0. The summed E-state index contributed by atoms with van der Waals surface area (Å²) in [6.07, 6.45) is 4.76. The molecule has 0 heterocycles. The second kappa shape index (κ2) is 6.14. The van der Waals surface area contributed by atoms with E-state index in [0.29, 0.717) is 22.5 Å². The number of amides is 1. The number of anilines is 1. The Balaban J connectivity index is 2.23. The monoisotopic (exact) mass is 339 g/mol. The largest absolute Gasteiger partial charge is 0.378 e. The molecule has 1 fully saturated rings. The van der Waals surface area contributed by atoms with Gasteiger partial charge in [0.2, 0.25) is 5.91 Å². The zero-order valence-corrected chi connectivity index (χ0v) is 13.4. The summed E-state index contributed by atoms with van der Waals surface area (Å²) < 4.78 is 0.714. The molecule has 0 saturated heterocycles. The van der Waals surface area contributed by atoms with Gasteiger partial charge in [-0.1, -0.05) is 19.8 Å². The number of nitrogens with one attached hydrogen (secondary N) is 1. The summed E-state index contributed by atoms with van der Waals surface area (Å²) in [4.78, 5) is 11.2. The van der Waals surface area contributed by atoms with Crippen molar-refractivity contribution in [1.29, 1.82) is 0 Å². The molecule has 1 aromatic carbocycles. The lowest BCUT2D eigenvalue weighted by Crippen LogP contribution is -2.52. The Labute approximate surface area is 128 Å². The van der Waals surface area contributed by atoms with Crippen molar-refractivity contribution in [2.24, 2.45) is 17.4 Å². The molecule has 1 aliphatic rings. The highest BCUT2D eigenvalue weighted by Gasteiger charge is 2.36. The van der Waals surface area contributed by atoms with Gasteiger partial charge in [-0.2, -0.15) is 0 Å². The third kappa shape index (κ3) is 2.99. The van der Waals surface area contributed by atoms with Crippen LogP contribution >= 0.6 is 15.9 Å². The first kappa shape index (κ1) is 15.3. The smallest absolute Gasteiger partial charge is 0.249 e. The molecule has 1 amide bonds. The van der Waals surface area contributed by atoms with Crippen LogP contribution in [0.4, 0.5) is 5.69 Å². The standard InChI is InChI=1S/C15H22BrN3O/c1-10-4-2-3-7-15(10,9-17)19-11-5-6-12(14(18)20)13(16)8-11/h5-6,8,10,19H,2-4,7,9,17H2,1H3,(H2,18,20). The molecule has 5 heteroatoms. The SMILES string of the molecule is CC1CCCCC1(CN)Nc1ccc(C(N)=O)c(Br)c1. The maximum Gasteiger partial charge on any atom is 0.249 e. The molecule has 1 aliphatic carbocycles. The highest BCUT2D eigenvalue weighted by atomic mass is 79.9. The van der Waals surface area contributed by atoms with Crippen molar-refractivity contribution in [1.82, 2.24) is 0 Å². The predicted octanol–water partition coefficient (Wildman–Crippen LogP) is 2.87. The molecule has 1 aromatic rings. The van der Waals surface area contributed by atoms with Gasteiger partial charge in [-0.05, 0) is 52.9 Å². The van der Waals surface area contributed by atoms with Crippen LogP contribution in [0.1, 0.15) is 43.0 Å². The van der Waals surface area contributed by atoms with Crippen molar-refractivity contribution in [3.8, 4) is 0 Å². The minimum atomic E-state index is -0.428. The summed E-state index contributed by atoms with van der Waals surface area (Å²) in [5.74, 6) is 0.110. The average Bonchev–Trinajstić information content (AvgIpc) is 2.41. The minimum absolute atomic E-state index is 0.0497. The third-order valence-corrected chi connectivity index (χ3v) is 5.10. The van der Waals surface area contributed by atoms with E-state index in [2.05, 4.69) is 28.2 Å². The van der Waals surface area contributed by atoms with Crippen LogP contribution in [0.3, 0.4) is 0 Å². The van der Waals surface area contributed by atoms with E-state index in [1.54, 1.807) is 6.07 Å². The van der Waals surface area contributed by atoms with Gasteiger partial charge in [0.25, 0.3) is 0 Å². The summed E-state index contributed by atoms with van der Waals surface area (Å²) in [6.45, 7) is 2.87. The van der Waals surface area contributed by atoms with Gasteiger partial charge >= 0.3 is 0 Å². The molecule has 0 bridgehead atoms. The van der Waals surface area contributed by atoms with Gasteiger partial charge in [-0.3, -0.25) is 4.79 Å². The predicted molar refractivity (Wildman–Crippen MR) is 85.7 cm³/mol. The first-order valence-corrected chi connectivity index (χ1v) is 7.85. The Bertz CT molecular complexity index is 506. The second-order valence-corrected chi connectivity index (χ2v) is 6.55. The van der Waals surface area contributed by atoms with Crippen LogP contribution in [0.5, 0.6) is 0 Å². The number of halogens is 1. The minimum Gasteiger partial charge on any atom is -0.378 e. The van der Waals surface area contributed by atoms with Crippen LogP contribution < -0.4 is 16.8 Å². The van der Waals surface area contributed by atoms with Crippen LogP contribution in [0.15, 0.2) is 22.7 Å². The molecule has 110 valence electrons. The highest BCUT2D eigenvalue weighted by Crippen LogP contribution is 2.36. The molecule has 4 nitrogen and oxygen atoms in total. The second-order valence-electron chi connectivity index (χ2n) is 5.69. The molecule has 20 heavy (non-hydrogen) atoms. The fourth-order valence-corrected chi connectivity index (χ4v) is 3.61. The van der Waals surface area contributed by atoms with E-state index >= 15 is 0 Å². The van der Waals surface area contributed by atoms with E-state index < -0.39 is 5.91 Å². The van der Waals surface area contributed by atoms with Gasteiger partial charge in [0.05, 0.1) is 11.1 Å². The van der Waals surface area contributed by atoms with Crippen LogP contribution in [0, 0.1) is 5.92 Å². The van der Waals surface area contributed by atoms with E-state index in [-0.39, 0.29) is 5.54 Å². The number of hydrogen-bond acceptors (Lipinski definition) is 3. The average molecular weight is 340 g/mol. The molecule has 0 radical (unpaired) electrons. The van der Waals surface area contributed by atoms with Crippen molar-refractivity contribution in [3.63, 3.8) is 0 Å². The molecule has 2 rings (SSSR count). The zero-order valence-electron chi connectivity index (χ0n) is 11.8. The lowest BCUT2D eigenvalue weighted by atomic mass is 9.73. The van der Waals surface area contributed by atoms with E-state index in [9.17, 15) is 4.79 Å². The number of carbonyl (C=O) groups is 1. The zero-order chi connectivity index (χ0) is 14.8. The van der Waals surface area contributed by atoms with Gasteiger partial charge in [0.1, 0.15) is 0 Å². The van der Waals surface area contributed by atoms with Crippen molar-refractivity contribution < 1.29 is 4.79 Å². The van der Waals surface area contributed by atoms with Gasteiger partial charge in [0.15, 0.2) is 0 Å². The number of rotatable bonds is 4. The van der Waals surface area contributed by atoms with E-state index in [1.165, 1.54) is 19.3 Å². The number of primary amides is 1. The topological polar surface area (TPSA) is 81.1 Å². The Hall–Kier alpha value is -1.07. The first-order chi connectivity index (χ1) is 9.48. The van der Waals surface area contributed by atoms with Gasteiger partial charge < -0.3 is 16.8 Å². The lowest BCUT2D eigenvalue weighted by Gasteiger charge is -2.43. The quantitative estimate of drug-likeness (QED) is 0.788. The summed E-state index contributed by atoms with van der Waals surface area (Å²) in [5, 5.41) is 3.59.